The molecule has 138 valence electrons. The van der Waals surface area contributed by atoms with Crippen LogP contribution in [0.1, 0.15) is 41.2 Å². The number of carbonyl (C=O) groups is 3. The summed E-state index contributed by atoms with van der Waals surface area (Å²) in [7, 11) is 0. The van der Waals surface area contributed by atoms with Crippen molar-refractivity contribution in [2.45, 2.75) is 4.58 Å². The van der Waals surface area contributed by atoms with E-state index in [2.05, 4.69) is 0 Å². The first kappa shape index (κ1) is 18.1. The van der Waals surface area contributed by atoms with Crippen molar-refractivity contribution < 1.29 is 19.1 Å². The molecule has 2 aromatic carbocycles. The molecule has 2 aromatic rings. The van der Waals surface area contributed by atoms with Crippen LogP contribution in [0.15, 0.2) is 48.5 Å². The highest BCUT2D eigenvalue weighted by Gasteiger charge is 2.34. The average molecular weight is 399 g/mol. The fourth-order valence-corrected chi connectivity index (χ4v) is 5.94. The summed E-state index contributed by atoms with van der Waals surface area (Å²) in [4.78, 5) is 37.9. The highest BCUT2D eigenvalue weighted by atomic mass is 32.2. The minimum absolute atomic E-state index is 0.0274. The summed E-state index contributed by atoms with van der Waals surface area (Å²) < 4.78 is 5.69. The van der Waals surface area contributed by atoms with E-state index in [1.165, 1.54) is 5.56 Å². The molecule has 4 rings (SSSR count). The van der Waals surface area contributed by atoms with Gasteiger partial charge in [0.05, 0.1) is 27.8 Å². The number of ether oxygens (including phenoxy) is 1. The Morgan fingerprint density at radius 1 is 0.963 bits per heavy atom. The average Bonchev–Trinajstić information content (AvgIpc) is 3.32. The van der Waals surface area contributed by atoms with E-state index >= 15 is 0 Å². The van der Waals surface area contributed by atoms with E-state index in [0.717, 1.165) is 16.4 Å². The first-order chi connectivity index (χ1) is 13.1. The number of imide groups is 1. The van der Waals surface area contributed by atoms with Crippen LogP contribution in [0.3, 0.4) is 0 Å². The molecule has 0 N–H and O–H groups in total. The monoisotopic (exact) mass is 399 g/mol. The molecule has 7 heteroatoms. The Morgan fingerprint density at radius 3 is 2.15 bits per heavy atom. The zero-order valence-corrected chi connectivity index (χ0v) is 16.1. The van der Waals surface area contributed by atoms with Crippen molar-refractivity contribution in [2.24, 2.45) is 0 Å². The van der Waals surface area contributed by atoms with Gasteiger partial charge in [-0.1, -0.05) is 24.3 Å². The lowest BCUT2D eigenvalue weighted by Gasteiger charge is -2.14. The van der Waals surface area contributed by atoms with Crippen molar-refractivity contribution in [3.8, 4) is 0 Å². The number of hydrogen-bond donors (Lipinski definition) is 0. The highest BCUT2D eigenvalue weighted by Crippen LogP contribution is 2.45. The van der Waals surface area contributed by atoms with Crippen molar-refractivity contribution in [3.63, 3.8) is 0 Å². The third-order valence-corrected chi connectivity index (χ3v) is 7.57. The third kappa shape index (κ3) is 3.61. The van der Waals surface area contributed by atoms with Gasteiger partial charge in [0.15, 0.2) is 0 Å². The number of thioether (sulfide) groups is 2. The maximum Gasteiger partial charge on any atom is 0.338 e. The van der Waals surface area contributed by atoms with Gasteiger partial charge in [0.1, 0.15) is 6.61 Å². The molecular weight excluding hydrogens is 382 g/mol. The van der Waals surface area contributed by atoms with Gasteiger partial charge in [0, 0.05) is 11.5 Å². The number of benzene rings is 2. The zero-order valence-electron chi connectivity index (χ0n) is 14.4. The lowest BCUT2D eigenvalue weighted by Crippen LogP contribution is -2.33. The fraction of sp³-hybridized carbons (Fsp3) is 0.250. The van der Waals surface area contributed by atoms with Crippen LogP contribution in [0, 0.1) is 0 Å². The number of amides is 2. The van der Waals surface area contributed by atoms with Crippen LogP contribution in [0.25, 0.3) is 0 Å². The number of fused-ring (bicyclic) bond motifs is 1. The molecule has 0 saturated carbocycles. The van der Waals surface area contributed by atoms with Gasteiger partial charge in [-0.25, -0.2) is 4.79 Å². The SMILES string of the molecule is O=C(OCCN1C(=O)c2ccccc2C1=O)c1ccc(C2SCCS2)cc1. The second kappa shape index (κ2) is 7.78. The van der Waals surface area contributed by atoms with E-state index in [0.29, 0.717) is 21.3 Å². The molecule has 0 bridgehead atoms. The summed E-state index contributed by atoms with van der Waals surface area (Å²) in [6.45, 7) is 0.0197. The number of carbonyl (C=O) groups excluding carboxylic acids is 3. The summed E-state index contributed by atoms with van der Waals surface area (Å²) in [5.41, 5.74) is 2.46. The van der Waals surface area contributed by atoms with Gasteiger partial charge in [-0.2, -0.15) is 0 Å². The van der Waals surface area contributed by atoms with Gasteiger partial charge in [-0.15, -0.1) is 23.5 Å². The molecule has 2 aliphatic rings. The maximum absolute atomic E-state index is 12.3. The minimum Gasteiger partial charge on any atom is -0.460 e. The Labute approximate surface area is 165 Å². The van der Waals surface area contributed by atoms with Gasteiger partial charge < -0.3 is 4.74 Å². The molecular formula is C20H17NO4S2. The minimum atomic E-state index is -0.454. The topological polar surface area (TPSA) is 63.7 Å². The van der Waals surface area contributed by atoms with Crippen molar-refractivity contribution in [2.75, 3.05) is 24.7 Å². The second-order valence-corrected chi connectivity index (χ2v) is 8.86. The summed E-state index contributed by atoms with van der Waals surface area (Å²) >= 11 is 3.82. The van der Waals surface area contributed by atoms with Crippen LogP contribution in [-0.4, -0.2) is 47.3 Å². The molecule has 1 fully saturated rings. The van der Waals surface area contributed by atoms with Gasteiger partial charge >= 0.3 is 5.97 Å². The summed E-state index contributed by atoms with van der Waals surface area (Å²) in [6.07, 6.45) is 0. The summed E-state index contributed by atoms with van der Waals surface area (Å²) in [6, 6.07) is 14.1. The van der Waals surface area contributed by atoms with Crippen molar-refractivity contribution in [3.05, 3.63) is 70.8 Å². The molecule has 0 radical (unpaired) electrons. The van der Waals surface area contributed by atoms with Gasteiger partial charge in [0.25, 0.3) is 11.8 Å². The van der Waals surface area contributed by atoms with Crippen LogP contribution in [-0.2, 0) is 4.74 Å². The van der Waals surface area contributed by atoms with E-state index < -0.39 is 5.97 Å². The molecule has 0 aromatic heterocycles. The Bertz CT molecular complexity index is 856. The quantitative estimate of drug-likeness (QED) is 0.565. The number of rotatable bonds is 5. The molecule has 0 unspecified atom stereocenters. The van der Waals surface area contributed by atoms with Crippen molar-refractivity contribution >= 4 is 41.3 Å². The van der Waals surface area contributed by atoms with E-state index in [1.807, 2.05) is 35.7 Å². The lowest BCUT2D eigenvalue weighted by atomic mass is 10.1. The van der Waals surface area contributed by atoms with E-state index in [9.17, 15) is 14.4 Å². The highest BCUT2D eigenvalue weighted by molar-refractivity contribution is 8.19. The molecule has 0 atom stereocenters. The Balaban J connectivity index is 1.32. The molecule has 2 heterocycles. The Hall–Kier alpha value is -2.25. The molecule has 1 saturated heterocycles. The van der Waals surface area contributed by atoms with E-state index in [1.54, 1.807) is 36.4 Å². The standard InChI is InChI=1S/C20H17NO4S2/c22-17-15-3-1-2-4-16(15)18(23)21(17)9-10-25-19(24)13-5-7-14(8-6-13)20-26-11-12-27-20/h1-8,20H,9-12H2. The third-order valence-electron chi connectivity index (χ3n) is 4.47. The predicted molar refractivity (Wildman–Crippen MR) is 106 cm³/mol. The van der Waals surface area contributed by atoms with Crippen LogP contribution < -0.4 is 0 Å². The second-order valence-electron chi connectivity index (χ2n) is 6.14. The van der Waals surface area contributed by atoms with Gasteiger partial charge in [0.2, 0.25) is 0 Å². The molecule has 27 heavy (non-hydrogen) atoms. The van der Waals surface area contributed by atoms with E-state index in [-0.39, 0.29) is 25.0 Å². The van der Waals surface area contributed by atoms with Crippen LogP contribution in [0.5, 0.6) is 0 Å². The maximum atomic E-state index is 12.3. The smallest absolute Gasteiger partial charge is 0.338 e. The molecule has 2 aliphatic heterocycles. The number of hydrogen-bond acceptors (Lipinski definition) is 6. The number of esters is 1. The normalized spacial score (nSPS) is 16.7. The van der Waals surface area contributed by atoms with E-state index in [4.69, 9.17) is 4.74 Å². The summed E-state index contributed by atoms with van der Waals surface area (Å²) in [5.74, 6) is 1.16. The molecule has 5 nitrogen and oxygen atoms in total. The largest absolute Gasteiger partial charge is 0.460 e. The van der Waals surface area contributed by atoms with Crippen LogP contribution in [0.2, 0.25) is 0 Å². The zero-order chi connectivity index (χ0) is 18.8. The fourth-order valence-electron chi connectivity index (χ4n) is 3.08. The molecule has 2 amide bonds. The Morgan fingerprint density at radius 2 is 1.56 bits per heavy atom. The predicted octanol–water partition coefficient (Wildman–Crippen LogP) is 3.62. The molecule has 0 spiro atoms. The van der Waals surface area contributed by atoms with Gasteiger partial charge in [-0.3, -0.25) is 14.5 Å². The molecule has 0 aliphatic carbocycles. The Kier molecular flexibility index (Phi) is 5.22. The first-order valence-corrected chi connectivity index (χ1v) is 10.7. The van der Waals surface area contributed by atoms with Crippen LogP contribution >= 0.6 is 23.5 Å². The van der Waals surface area contributed by atoms with Crippen molar-refractivity contribution in [1.29, 1.82) is 0 Å². The number of nitrogens with zero attached hydrogens (tertiary/aromatic N) is 1. The summed E-state index contributed by atoms with van der Waals surface area (Å²) in [5, 5.41) is 0. The van der Waals surface area contributed by atoms with Crippen molar-refractivity contribution in [1.82, 2.24) is 4.90 Å². The first-order valence-electron chi connectivity index (χ1n) is 8.60. The van der Waals surface area contributed by atoms with Gasteiger partial charge in [-0.05, 0) is 29.8 Å². The lowest BCUT2D eigenvalue weighted by molar-refractivity contribution is 0.0420. The van der Waals surface area contributed by atoms with Crippen LogP contribution in [0.4, 0.5) is 0 Å².